The Morgan fingerprint density at radius 1 is 1.00 bits per heavy atom. The van der Waals surface area contributed by atoms with Crippen LogP contribution in [0.4, 0.5) is 0 Å². The van der Waals surface area contributed by atoms with E-state index in [0.717, 1.165) is 12.8 Å². The minimum absolute atomic E-state index is 0.0231. The molecule has 1 fully saturated rings. The SMILES string of the molecule is CC(C)C(C)(C(O)OC1CCCCC1)C(C)(C)C. The average molecular weight is 256 g/mol. The van der Waals surface area contributed by atoms with Crippen molar-refractivity contribution in [2.75, 3.05) is 0 Å². The maximum Gasteiger partial charge on any atom is 0.160 e. The lowest BCUT2D eigenvalue weighted by Gasteiger charge is -2.49. The third-order valence-corrected chi connectivity index (χ3v) is 5.20. The van der Waals surface area contributed by atoms with E-state index in [0.29, 0.717) is 5.92 Å². The number of rotatable bonds is 4. The van der Waals surface area contributed by atoms with Crippen molar-refractivity contribution < 1.29 is 9.84 Å². The number of hydrogen-bond acceptors (Lipinski definition) is 2. The topological polar surface area (TPSA) is 29.5 Å². The van der Waals surface area contributed by atoms with Gasteiger partial charge in [-0.15, -0.1) is 0 Å². The summed E-state index contributed by atoms with van der Waals surface area (Å²) in [6.07, 6.45) is 5.60. The van der Waals surface area contributed by atoms with Crippen molar-refractivity contribution in [1.29, 1.82) is 0 Å². The molecule has 1 saturated carbocycles. The number of ether oxygens (including phenoxy) is 1. The Hall–Kier alpha value is -0.0800. The van der Waals surface area contributed by atoms with Crippen LogP contribution < -0.4 is 0 Å². The van der Waals surface area contributed by atoms with Crippen LogP contribution in [-0.4, -0.2) is 17.5 Å². The number of aliphatic hydroxyl groups excluding tert-OH is 1. The summed E-state index contributed by atoms with van der Waals surface area (Å²) in [5.41, 5.74) is -0.195. The lowest BCUT2D eigenvalue weighted by Crippen LogP contribution is -2.49. The van der Waals surface area contributed by atoms with Crippen LogP contribution >= 0.6 is 0 Å². The molecule has 108 valence electrons. The van der Waals surface area contributed by atoms with Gasteiger partial charge in [-0.1, -0.05) is 60.8 Å². The van der Waals surface area contributed by atoms with E-state index in [-0.39, 0.29) is 16.9 Å². The average Bonchev–Trinajstić information content (AvgIpc) is 2.27. The molecule has 1 rings (SSSR count). The summed E-state index contributed by atoms with van der Waals surface area (Å²) in [7, 11) is 0. The molecule has 0 heterocycles. The van der Waals surface area contributed by atoms with Gasteiger partial charge < -0.3 is 9.84 Å². The molecule has 2 nitrogen and oxygen atoms in total. The molecular formula is C16H32O2. The van der Waals surface area contributed by atoms with E-state index in [2.05, 4.69) is 41.5 Å². The summed E-state index contributed by atoms with van der Waals surface area (Å²) in [4.78, 5) is 0. The third kappa shape index (κ3) is 3.27. The first kappa shape index (κ1) is 16.0. The first-order chi connectivity index (χ1) is 8.19. The molecular weight excluding hydrogens is 224 g/mol. The largest absolute Gasteiger partial charge is 0.367 e. The van der Waals surface area contributed by atoms with Crippen LogP contribution in [-0.2, 0) is 4.74 Å². The van der Waals surface area contributed by atoms with Crippen LogP contribution in [0, 0.1) is 16.7 Å². The summed E-state index contributed by atoms with van der Waals surface area (Å²) < 4.78 is 6.00. The van der Waals surface area contributed by atoms with E-state index in [1.807, 2.05) is 0 Å². The summed E-state index contributed by atoms with van der Waals surface area (Å²) >= 11 is 0. The Kier molecular flexibility index (Phi) is 5.25. The molecule has 0 aromatic carbocycles. The van der Waals surface area contributed by atoms with E-state index in [4.69, 9.17) is 4.74 Å². The van der Waals surface area contributed by atoms with Gasteiger partial charge in [0.15, 0.2) is 6.29 Å². The molecule has 0 aromatic rings. The molecule has 2 atom stereocenters. The molecule has 1 N–H and O–H groups in total. The molecule has 2 heteroatoms. The van der Waals surface area contributed by atoms with Crippen molar-refractivity contribution >= 4 is 0 Å². The van der Waals surface area contributed by atoms with Crippen molar-refractivity contribution in [3.8, 4) is 0 Å². The highest BCUT2D eigenvalue weighted by Crippen LogP contribution is 2.48. The second-order valence-corrected chi connectivity index (χ2v) is 7.44. The first-order valence-electron chi connectivity index (χ1n) is 7.53. The van der Waals surface area contributed by atoms with Gasteiger partial charge in [-0.3, -0.25) is 0 Å². The van der Waals surface area contributed by atoms with Crippen LogP contribution in [0.5, 0.6) is 0 Å². The first-order valence-corrected chi connectivity index (χ1v) is 7.53. The zero-order chi connectivity index (χ0) is 14.0. The van der Waals surface area contributed by atoms with E-state index in [1.165, 1.54) is 19.3 Å². The minimum Gasteiger partial charge on any atom is -0.367 e. The molecule has 0 spiro atoms. The Labute approximate surface area is 113 Å². The molecule has 0 radical (unpaired) electrons. The zero-order valence-electron chi connectivity index (χ0n) is 13.1. The number of hydrogen-bond donors (Lipinski definition) is 1. The summed E-state index contributed by atoms with van der Waals surface area (Å²) in [5, 5.41) is 10.6. The molecule has 2 unspecified atom stereocenters. The van der Waals surface area contributed by atoms with Crippen LogP contribution in [0.3, 0.4) is 0 Å². The van der Waals surface area contributed by atoms with Gasteiger partial charge in [0.25, 0.3) is 0 Å². The third-order valence-electron chi connectivity index (χ3n) is 5.20. The predicted octanol–water partition coefficient (Wildman–Crippen LogP) is 4.36. The van der Waals surface area contributed by atoms with Gasteiger partial charge >= 0.3 is 0 Å². The maximum atomic E-state index is 10.6. The molecule has 1 aliphatic rings. The molecule has 1 aliphatic carbocycles. The Morgan fingerprint density at radius 2 is 1.50 bits per heavy atom. The Bertz CT molecular complexity index is 248. The van der Waals surface area contributed by atoms with Crippen molar-refractivity contribution in [2.45, 2.75) is 86.0 Å². The van der Waals surface area contributed by atoms with Crippen molar-refractivity contribution in [3.63, 3.8) is 0 Å². The number of aliphatic hydroxyl groups is 1. The van der Waals surface area contributed by atoms with Gasteiger partial charge in [0, 0.05) is 5.41 Å². The maximum absolute atomic E-state index is 10.6. The lowest BCUT2D eigenvalue weighted by atomic mass is 9.61. The van der Waals surface area contributed by atoms with Crippen molar-refractivity contribution in [2.24, 2.45) is 16.7 Å². The minimum atomic E-state index is -0.666. The fourth-order valence-electron chi connectivity index (χ4n) is 3.05. The summed E-state index contributed by atoms with van der Waals surface area (Å²) in [6.45, 7) is 13.1. The van der Waals surface area contributed by atoms with E-state index >= 15 is 0 Å². The Balaban J connectivity index is 2.73. The monoisotopic (exact) mass is 256 g/mol. The van der Waals surface area contributed by atoms with Gasteiger partial charge in [-0.25, -0.2) is 0 Å². The summed E-state index contributed by atoms with van der Waals surface area (Å²) in [5.74, 6) is 0.385. The van der Waals surface area contributed by atoms with Gasteiger partial charge in [-0.2, -0.15) is 0 Å². The normalized spacial score (nSPS) is 24.0. The molecule has 0 bridgehead atoms. The smallest absolute Gasteiger partial charge is 0.160 e. The predicted molar refractivity (Wildman–Crippen MR) is 76.4 cm³/mol. The lowest BCUT2D eigenvalue weighted by molar-refractivity contribution is -0.241. The fraction of sp³-hybridized carbons (Fsp3) is 1.00. The van der Waals surface area contributed by atoms with Crippen molar-refractivity contribution in [1.82, 2.24) is 0 Å². The van der Waals surface area contributed by atoms with E-state index < -0.39 is 6.29 Å². The molecule has 18 heavy (non-hydrogen) atoms. The second-order valence-electron chi connectivity index (χ2n) is 7.44. The van der Waals surface area contributed by atoms with Gasteiger partial charge in [0.1, 0.15) is 0 Å². The quantitative estimate of drug-likeness (QED) is 0.757. The molecule has 0 saturated heterocycles. The van der Waals surface area contributed by atoms with Crippen LogP contribution in [0.2, 0.25) is 0 Å². The molecule has 0 aromatic heterocycles. The zero-order valence-corrected chi connectivity index (χ0v) is 13.1. The van der Waals surface area contributed by atoms with E-state index in [1.54, 1.807) is 0 Å². The van der Waals surface area contributed by atoms with Gasteiger partial charge in [0.2, 0.25) is 0 Å². The standard InChI is InChI=1S/C16H32O2/c1-12(2)16(6,15(3,4)5)14(17)18-13-10-8-7-9-11-13/h12-14,17H,7-11H2,1-6H3. The fourth-order valence-corrected chi connectivity index (χ4v) is 3.05. The van der Waals surface area contributed by atoms with Crippen LogP contribution in [0.15, 0.2) is 0 Å². The summed E-state index contributed by atoms with van der Waals surface area (Å²) in [6, 6.07) is 0. The van der Waals surface area contributed by atoms with E-state index in [9.17, 15) is 5.11 Å². The van der Waals surface area contributed by atoms with Crippen molar-refractivity contribution in [3.05, 3.63) is 0 Å². The van der Waals surface area contributed by atoms with Gasteiger partial charge in [0.05, 0.1) is 6.10 Å². The van der Waals surface area contributed by atoms with Gasteiger partial charge in [-0.05, 0) is 24.2 Å². The highest BCUT2D eigenvalue weighted by molar-refractivity contribution is 4.91. The highest BCUT2D eigenvalue weighted by Gasteiger charge is 2.47. The second kappa shape index (κ2) is 5.92. The molecule has 0 amide bonds. The molecule has 0 aliphatic heterocycles. The van der Waals surface area contributed by atoms with Crippen LogP contribution in [0.25, 0.3) is 0 Å². The highest BCUT2D eigenvalue weighted by atomic mass is 16.6. The van der Waals surface area contributed by atoms with Crippen LogP contribution in [0.1, 0.15) is 73.6 Å². The Morgan fingerprint density at radius 3 is 1.89 bits per heavy atom.